The van der Waals surface area contributed by atoms with Crippen molar-refractivity contribution in [3.05, 3.63) is 126 Å². The third-order valence-corrected chi connectivity index (χ3v) is 9.49. The van der Waals surface area contributed by atoms with Gasteiger partial charge in [0.05, 0.1) is 38.8 Å². The van der Waals surface area contributed by atoms with Crippen molar-refractivity contribution in [2.45, 2.75) is 24.7 Å². The van der Waals surface area contributed by atoms with Crippen molar-refractivity contribution in [2.24, 2.45) is 7.05 Å². The van der Waals surface area contributed by atoms with Crippen molar-refractivity contribution in [2.75, 3.05) is 11.4 Å². The molecule has 0 unspecified atom stereocenters. The summed E-state index contributed by atoms with van der Waals surface area (Å²) in [6.07, 6.45) is 5.09. The van der Waals surface area contributed by atoms with Crippen LogP contribution in [-0.4, -0.2) is 44.5 Å². The van der Waals surface area contributed by atoms with Gasteiger partial charge in [-0.25, -0.2) is 4.79 Å². The number of carbonyl (C=O) groups excluding carboxylic acids is 1. The molecule has 1 fully saturated rings. The summed E-state index contributed by atoms with van der Waals surface area (Å²) in [5.41, 5.74) is 7.74. The summed E-state index contributed by atoms with van der Waals surface area (Å²) in [5.74, 6) is 0.142. The topological polar surface area (TPSA) is 127 Å². The SMILES string of the molecule is Cc1ccc(S(=O)(=O)O)cc1.Cn1c(=O)n(-c2ccc(N3CCCC3=O)cc2)c2c3cc(-c4cnc5ccccc5c4)ccc3ncc21. The zero-order valence-electron chi connectivity index (χ0n) is 26.2. The molecule has 4 heterocycles. The summed E-state index contributed by atoms with van der Waals surface area (Å²) in [7, 11) is -2.25. The Morgan fingerprint density at radius 3 is 2.19 bits per heavy atom. The quantitative estimate of drug-likeness (QED) is 0.215. The first kappa shape index (κ1) is 31.0. The zero-order valence-corrected chi connectivity index (χ0v) is 27.1. The van der Waals surface area contributed by atoms with Gasteiger partial charge < -0.3 is 4.90 Å². The lowest BCUT2D eigenvalue weighted by Crippen LogP contribution is -2.24. The number of hydrogen-bond acceptors (Lipinski definition) is 6. The number of rotatable bonds is 4. The van der Waals surface area contributed by atoms with Gasteiger partial charge in [-0.3, -0.25) is 28.4 Å². The molecule has 0 radical (unpaired) electrons. The highest BCUT2D eigenvalue weighted by Gasteiger charge is 2.22. The minimum Gasteiger partial charge on any atom is -0.312 e. The zero-order chi connectivity index (χ0) is 33.6. The number of benzene rings is 4. The number of aryl methyl sites for hydroxylation is 2. The molecule has 3 aromatic heterocycles. The highest BCUT2D eigenvalue weighted by Crippen LogP contribution is 2.31. The number of fused-ring (bicyclic) bond motifs is 4. The molecule has 10 nitrogen and oxygen atoms in total. The summed E-state index contributed by atoms with van der Waals surface area (Å²) in [5, 5.41) is 1.96. The van der Waals surface area contributed by atoms with Gasteiger partial charge in [0.25, 0.3) is 10.1 Å². The Labute approximate surface area is 276 Å². The molecule has 0 bridgehead atoms. The average molecular weight is 658 g/mol. The summed E-state index contributed by atoms with van der Waals surface area (Å²) in [4.78, 5) is 36.6. The van der Waals surface area contributed by atoms with E-state index >= 15 is 0 Å². The number of amides is 1. The summed E-state index contributed by atoms with van der Waals surface area (Å²) >= 11 is 0. The first-order valence-electron chi connectivity index (χ1n) is 15.4. The molecule has 1 amide bonds. The van der Waals surface area contributed by atoms with E-state index in [2.05, 4.69) is 28.2 Å². The van der Waals surface area contributed by atoms with E-state index in [1.165, 1.54) is 12.1 Å². The molecule has 1 N–H and O–H groups in total. The molecule has 0 spiro atoms. The molecule has 4 aromatic carbocycles. The number of para-hydroxylation sites is 1. The summed E-state index contributed by atoms with van der Waals surface area (Å²) < 4.78 is 32.9. The molecule has 1 saturated heterocycles. The Bertz CT molecular complexity index is 2520. The Morgan fingerprint density at radius 1 is 0.771 bits per heavy atom. The van der Waals surface area contributed by atoms with Crippen molar-refractivity contribution in [1.82, 2.24) is 19.1 Å². The van der Waals surface area contributed by atoms with E-state index < -0.39 is 10.1 Å². The second kappa shape index (κ2) is 12.2. The van der Waals surface area contributed by atoms with Crippen LogP contribution in [0.15, 0.2) is 119 Å². The highest BCUT2D eigenvalue weighted by atomic mass is 32.2. The minimum absolute atomic E-state index is 0.0666. The molecule has 11 heteroatoms. The van der Waals surface area contributed by atoms with Gasteiger partial charge in [-0.1, -0.05) is 42.0 Å². The van der Waals surface area contributed by atoms with Gasteiger partial charge in [0.1, 0.15) is 0 Å². The van der Waals surface area contributed by atoms with Crippen molar-refractivity contribution in [1.29, 1.82) is 0 Å². The van der Waals surface area contributed by atoms with Crippen molar-refractivity contribution >= 4 is 54.6 Å². The molecular weight excluding hydrogens is 627 g/mol. The highest BCUT2D eigenvalue weighted by molar-refractivity contribution is 7.85. The minimum atomic E-state index is -4.02. The van der Waals surface area contributed by atoms with E-state index in [1.807, 2.05) is 67.7 Å². The third kappa shape index (κ3) is 5.74. The second-order valence-corrected chi connectivity index (χ2v) is 13.2. The molecule has 0 atom stereocenters. The van der Waals surface area contributed by atoms with E-state index in [0.29, 0.717) is 6.42 Å². The van der Waals surface area contributed by atoms with Crippen LogP contribution in [0.1, 0.15) is 18.4 Å². The van der Waals surface area contributed by atoms with Gasteiger partial charge in [-0.2, -0.15) is 8.42 Å². The van der Waals surface area contributed by atoms with E-state index in [4.69, 9.17) is 4.55 Å². The second-order valence-electron chi connectivity index (χ2n) is 11.8. The van der Waals surface area contributed by atoms with E-state index in [1.54, 1.807) is 39.4 Å². The van der Waals surface area contributed by atoms with Gasteiger partial charge in [0.2, 0.25) is 5.91 Å². The predicted molar refractivity (Wildman–Crippen MR) is 187 cm³/mol. The molecule has 240 valence electrons. The maximum Gasteiger partial charge on any atom is 0.333 e. The van der Waals surface area contributed by atoms with Crippen LogP contribution in [0.4, 0.5) is 5.69 Å². The van der Waals surface area contributed by atoms with Crippen LogP contribution < -0.4 is 10.6 Å². The smallest absolute Gasteiger partial charge is 0.312 e. The maximum absolute atomic E-state index is 13.5. The van der Waals surface area contributed by atoms with E-state index in [9.17, 15) is 18.0 Å². The monoisotopic (exact) mass is 657 g/mol. The first-order valence-corrected chi connectivity index (χ1v) is 16.8. The Kier molecular flexibility index (Phi) is 7.86. The lowest BCUT2D eigenvalue weighted by atomic mass is 10.0. The fraction of sp³-hybridized carbons (Fsp3) is 0.135. The number of pyridine rings is 2. The van der Waals surface area contributed by atoms with Crippen molar-refractivity contribution < 1.29 is 17.8 Å². The standard InChI is InChI=1S/C30H23N5O2.C7H8O3S/c1-33-27-18-32-26-13-8-19(21-15-20-5-2-3-6-25(20)31-17-21)16-24(26)29(27)35(30(33)37)23-11-9-22(10-12-23)34-14-4-7-28(34)36;1-6-2-4-7(5-3-6)11(8,9)10/h2-3,5-6,8-13,15-18H,4,7,14H2,1H3;2-5H,1H3,(H,8,9,10). The van der Waals surface area contributed by atoms with Crippen LogP contribution in [0.25, 0.3) is 49.7 Å². The van der Waals surface area contributed by atoms with Gasteiger partial charge in [-0.05, 0) is 79.6 Å². The number of nitrogens with zero attached hydrogens (tertiary/aromatic N) is 5. The fourth-order valence-corrected chi connectivity index (χ4v) is 6.54. The molecule has 0 saturated carbocycles. The fourth-order valence-electron chi connectivity index (χ4n) is 6.06. The molecular formula is C37H31N5O5S. The Balaban J connectivity index is 0.000000284. The van der Waals surface area contributed by atoms with E-state index in [0.717, 1.165) is 73.9 Å². The van der Waals surface area contributed by atoms with Crippen LogP contribution >= 0.6 is 0 Å². The van der Waals surface area contributed by atoms with Crippen LogP contribution in [0, 0.1) is 6.92 Å². The average Bonchev–Trinajstić information content (AvgIpc) is 3.64. The number of imidazole rings is 1. The van der Waals surface area contributed by atoms with Crippen LogP contribution in [0.2, 0.25) is 0 Å². The molecule has 48 heavy (non-hydrogen) atoms. The lowest BCUT2D eigenvalue weighted by molar-refractivity contribution is -0.117. The van der Waals surface area contributed by atoms with Gasteiger partial charge >= 0.3 is 5.69 Å². The van der Waals surface area contributed by atoms with Crippen LogP contribution in [0.3, 0.4) is 0 Å². The maximum atomic E-state index is 13.5. The number of hydrogen-bond donors (Lipinski definition) is 1. The predicted octanol–water partition coefficient (Wildman–Crippen LogP) is 6.46. The summed E-state index contributed by atoms with van der Waals surface area (Å²) in [6, 6.07) is 29.9. The largest absolute Gasteiger partial charge is 0.333 e. The van der Waals surface area contributed by atoms with Gasteiger partial charge in [0.15, 0.2) is 0 Å². The van der Waals surface area contributed by atoms with Gasteiger partial charge in [0, 0.05) is 48.2 Å². The number of carbonyl (C=O) groups is 1. The third-order valence-electron chi connectivity index (χ3n) is 8.62. The lowest BCUT2D eigenvalue weighted by Gasteiger charge is -2.16. The Morgan fingerprint density at radius 2 is 1.48 bits per heavy atom. The molecule has 1 aliphatic rings. The number of aromatic nitrogens is 4. The van der Waals surface area contributed by atoms with Crippen molar-refractivity contribution in [3.8, 4) is 16.8 Å². The summed E-state index contributed by atoms with van der Waals surface area (Å²) in [6.45, 7) is 2.57. The van der Waals surface area contributed by atoms with Gasteiger partial charge in [-0.15, -0.1) is 0 Å². The molecule has 7 aromatic rings. The van der Waals surface area contributed by atoms with Crippen LogP contribution in [-0.2, 0) is 22.0 Å². The van der Waals surface area contributed by atoms with Crippen LogP contribution in [0.5, 0.6) is 0 Å². The normalized spacial score (nSPS) is 13.3. The first-order chi connectivity index (χ1) is 23.1. The molecule has 1 aliphatic heterocycles. The molecule has 0 aliphatic carbocycles. The Hall–Kier alpha value is -5.65. The molecule has 8 rings (SSSR count). The number of anilines is 1. The van der Waals surface area contributed by atoms with E-state index in [-0.39, 0.29) is 16.5 Å². The van der Waals surface area contributed by atoms with Crippen molar-refractivity contribution in [3.63, 3.8) is 0 Å².